The van der Waals surface area contributed by atoms with Gasteiger partial charge in [-0.3, -0.25) is 0 Å². The molecule has 0 amide bonds. The molecule has 0 bridgehead atoms. The number of fused-ring (bicyclic) bond motifs is 1. The molecule has 2 rings (SSSR count). The lowest BCUT2D eigenvalue weighted by Gasteiger charge is -2.16. The van der Waals surface area contributed by atoms with E-state index in [4.69, 9.17) is 11.6 Å². The highest BCUT2D eigenvalue weighted by Gasteiger charge is 2.24. The van der Waals surface area contributed by atoms with Gasteiger partial charge >= 0.3 is 0 Å². The van der Waals surface area contributed by atoms with Crippen LogP contribution in [-0.4, -0.2) is 6.54 Å². The first-order valence-electron chi connectivity index (χ1n) is 5.72. The first kappa shape index (κ1) is 11.4. The predicted molar refractivity (Wildman–Crippen MR) is 67.8 cm³/mol. The van der Waals surface area contributed by atoms with Crippen LogP contribution < -0.4 is 5.32 Å². The van der Waals surface area contributed by atoms with Crippen molar-refractivity contribution in [2.45, 2.75) is 39.2 Å². The van der Waals surface area contributed by atoms with Gasteiger partial charge in [0.15, 0.2) is 0 Å². The number of hydrogen-bond donors (Lipinski definition) is 1. The maximum Gasteiger partial charge on any atom is 0.0934 e. The third kappa shape index (κ3) is 2.55. The van der Waals surface area contributed by atoms with Crippen LogP contribution in [0.2, 0.25) is 4.34 Å². The highest BCUT2D eigenvalue weighted by atomic mass is 35.5. The van der Waals surface area contributed by atoms with E-state index in [1.807, 2.05) is 0 Å². The maximum atomic E-state index is 6.02. The van der Waals surface area contributed by atoms with Crippen molar-refractivity contribution in [3.8, 4) is 0 Å². The Morgan fingerprint density at radius 2 is 2.47 bits per heavy atom. The summed E-state index contributed by atoms with van der Waals surface area (Å²) in [5.41, 5.74) is 1.45. The average Bonchev–Trinajstić information content (AvgIpc) is 2.73. The molecule has 0 saturated heterocycles. The first-order chi connectivity index (χ1) is 7.20. The molecule has 3 heteroatoms. The smallest absolute Gasteiger partial charge is 0.0934 e. The van der Waals surface area contributed by atoms with Crippen LogP contribution in [0.15, 0.2) is 6.07 Å². The normalized spacial score (nSPS) is 21.7. The number of thiophene rings is 1. The molecule has 0 aliphatic heterocycles. The van der Waals surface area contributed by atoms with E-state index >= 15 is 0 Å². The van der Waals surface area contributed by atoms with E-state index in [-0.39, 0.29) is 0 Å². The van der Waals surface area contributed by atoms with E-state index in [1.165, 1.54) is 29.7 Å². The fourth-order valence-corrected chi connectivity index (χ4v) is 3.39. The molecule has 0 aromatic carbocycles. The fourth-order valence-electron chi connectivity index (χ4n) is 2.03. The predicted octanol–water partition coefficient (Wildman–Crippen LogP) is 4.02. The largest absolute Gasteiger partial charge is 0.310 e. The summed E-state index contributed by atoms with van der Waals surface area (Å²) in [6, 6.07) is 2.70. The highest BCUT2D eigenvalue weighted by molar-refractivity contribution is 7.16. The minimum atomic E-state index is 0.553. The summed E-state index contributed by atoms with van der Waals surface area (Å²) in [7, 11) is 0. The molecular weight excluding hydrogens is 226 g/mol. The molecule has 1 N–H and O–H groups in total. The molecule has 2 atom stereocenters. The second-order valence-electron chi connectivity index (χ2n) is 4.44. The number of nitrogens with one attached hydrogen (secondary N) is 1. The van der Waals surface area contributed by atoms with Crippen LogP contribution in [0.25, 0.3) is 0 Å². The number of hydrogen-bond acceptors (Lipinski definition) is 2. The van der Waals surface area contributed by atoms with Crippen molar-refractivity contribution in [3.63, 3.8) is 0 Å². The minimum absolute atomic E-state index is 0.553. The Morgan fingerprint density at radius 3 is 3.20 bits per heavy atom. The van der Waals surface area contributed by atoms with Gasteiger partial charge in [-0.2, -0.15) is 0 Å². The van der Waals surface area contributed by atoms with E-state index in [9.17, 15) is 0 Å². The molecule has 0 spiro atoms. The third-order valence-electron chi connectivity index (χ3n) is 3.26. The summed E-state index contributed by atoms with van der Waals surface area (Å²) in [5.74, 6) is 0.767. The van der Waals surface area contributed by atoms with Crippen LogP contribution in [0.1, 0.15) is 43.2 Å². The maximum absolute atomic E-state index is 6.02. The Balaban J connectivity index is 1.95. The molecule has 0 fully saturated rings. The van der Waals surface area contributed by atoms with Crippen molar-refractivity contribution in [2.24, 2.45) is 5.92 Å². The zero-order valence-electron chi connectivity index (χ0n) is 9.35. The molecule has 1 aromatic heterocycles. The van der Waals surface area contributed by atoms with Crippen LogP contribution >= 0.6 is 22.9 Å². The van der Waals surface area contributed by atoms with Gasteiger partial charge in [-0.15, -0.1) is 11.3 Å². The lowest BCUT2D eigenvalue weighted by molar-refractivity contribution is 0.443. The molecule has 1 aliphatic carbocycles. The van der Waals surface area contributed by atoms with Gasteiger partial charge in [0, 0.05) is 10.9 Å². The lowest BCUT2D eigenvalue weighted by atomic mass is 10.1. The quantitative estimate of drug-likeness (QED) is 0.842. The van der Waals surface area contributed by atoms with Gasteiger partial charge in [0.25, 0.3) is 0 Å². The van der Waals surface area contributed by atoms with Crippen LogP contribution in [-0.2, 0) is 6.42 Å². The number of halogens is 1. The van der Waals surface area contributed by atoms with Crippen molar-refractivity contribution in [1.82, 2.24) is 5.32 Å². The van der Waals surface area contributed by atoms with Crippen molar-refractivity contribution >= 4 is 22.9 Å². The highest BCUT2D eigenvalue weighted by Crippen LogP contribution is 2.39. The van der Waals surface area contributed by atoms with E-state index < -0.39 is 0 Å². The molecule has 15 heavy (non-hydrogen) atoms. The van der Waals surface area contributed by atoms with Crippen LogP contribution in [0.3, 0.4) is 0 Å². The Bertz CT molecular complexity index is 334. The van der Waals surface area contributed by atoms with Crippen molar-refractivity contribution in [1.29, 1.82) is 0 Å². The molecule has 1 nitrogen and oxygen atoms in total. The van der Waals surface area contributed by atoms with E-state index in [2.05, 4.69) is 25.2 Å². The van der Waals surface area contributed by atoms with Gasteiger partial charge in [-0.25, -0.2) is 0 Å². The SMILES string of the molecule is CCC(C)CNC1CCc2sc(Cl)cc21. The molecule has 0 radical (unpaired) electrons. The van der Waals surface area contributed by atoms with Gasteiger partial charge in [0.2, 0.25) is 0 Å². The zero-order valence-corrected chi connectivity index (χ0v) is 10.9. The molecule has 1 aromatic rings. The van der Waals surface area contributed by atoms with Crippen molar-refractivity contribution < 1.29 is 0 Å². The second kappa shape index (κ2) is 4.86. The van der Waals surface area contributed by atoms with E-state index in [1.54, 1.807) is 11.3 Å². The summed E-state index contributed by atoms with van der Waals surface area (Å²) in [6.07, 6.45) is 3.69. The molecule has 84 valence electrons. The van der Waals surface area contributed by atoms with Crippen molar-refractivity contribution in [2.75, 3.05) is 6.54 Å². The molecular formula is C12H18ClNS. The fraction of sp³-hybridized carbons (Fsp3) is 0.667. The van der Waals surface area contributed by atoms with Gasteiger partial charge in [0.1, 0.15) is 0 Å². The Kier molecular flexibility index (Phi) is 3.70. The Hall–Kier alpha value is -0.0500. The Morgan fingerprint density at radius 1 is 1.67 bits per heavy atom. The molecule has 2 unspecified atom stereocenters. The summed E-state index contributed by atoms with van der Waals surface area (Å²) in [6.45, 7) is 5.66. The van der Waals surface area contributed by atoms with Gasteiger partial charge in [-0.1, -0.05) is 31.9 Å². The number of rotatable bonds is 4. The topological polar surface area (TPSA) is 12.0 Å². The van der Waals surface area contributed by atoms with Gasteiger partial charge in [-0.05, 0) is 36.9 Å². The van der Waals surface area contributed by atoms with Crippen LogP contribution in [0, 0.1) is 5.92 Å². The van der Waals surface area contributed by atoms with E-state index in [0.29, 0.717) is 6.04 Å². The molecule has 1 aliphatic rings. The summed E-state index contributed by atoms with van der Waals surface area (Å²) >= 11 is 7.77. The van der Waals surface area contributed by atoms with Crippen LogP contribution in [0.5, 0.6) is 0 Å². The monoisotopic (exact) mass is 243 g/mol. The first-order valence-corrected chi connectivity index (χ1v) is 6.91. The summed E-state index contributed by atoms with van der Waals surface area (Å²) in [5, 5.41) is 3.65. The summed E-state index contributed by atoms with van der Waals surface area (Å²) in [4.78, 5) is 1.49. The molecule has 1 heterocycles. The minimum Gasteiger partial charge on any atom is -0.310 e. The Labute approximate surface area is 101 Å². The summed E-state index contributed by atoms with van der Waals surface area (Å²) < 4.78 is 0.940. The molecule has 0 saturated carbocycles. The lowest BCUT2D eigenvalue weighted by Crippen LogP contribution is -2.24. The zero-order chi connectivity index (χ0) is 10.8. The van der Waals surface area contributed by atoms with Gasteiger partial charge < -0.3 is 5.32 Å². The number of aryl methyl sites for hydroxylation is 1. The standard InChI is InChI=1S/C12H18ClNS/c1-3-8(2)7-14-10-4-5-11-9(10)6-12(13)15-11/h6,8,10,14H,3-5,7H2,1-2H3. The average molecular weight is 244 g/mol. The van der Waals surface area contributed by atoms with Gasteiger partial charge in [0.05, 0.1) is 4.34 Å². The second-order valence-corrected chi connectivity index (χ2v) is 6.21. The van der Waals surface area contributed by atoms with Crippen LogP contribution in [0.4, 0.5) is 0 Å². The van der Waals surface area contributed by atoms with E-state index in [0.717, 1.165) is 16.8 Å². The van der Waals surface area contributed by atoms with Crippen molar-refractivity contribution in [3.05, 3.63) is 20.8 Å². The third-order valence-corrected chi connectivity index (χ3v) is 4.60.